The minimum Gasteiger partial charge on any atom is -0.448 e. The van der Waals surface area contributed by atoms with Gasteiger partial charge in [-0.15, -0.1) is 0 Å². The first-order valence-corrected chi connectivity index (χ1v) is 5.06. The molecule has 0 aliphatic rings. The van der Waals surface area contributed by atoms with Gasteiger partial charge in [0, 0.05) is 18.9 Å². The van der Waals surface area contributed by atoms with Crippen LogP contribution in [0.3, 0.4) is 0 Å². The SMILES string of the molecule is Clc1ccc(CNCc2ccncc2)o1. The maximum absolute atomic E-state index is 5.65. The van der Waals surface area contributed by atoms with Crippen molar-refractivity contribution >= 4 is 11.6 Å². The highest BCUT2D eigenvalue weighted by Gasteiger charge is 1.98. The lowest BCUT2D eigenvalue weighted by Crippen LogP contribution is -2.11. The van der Waals surface area contributed by atoms with Gasteiger partial charge in [0.05, 0.1) is 6.54 Å². The molecule has 0 aromatic carbocycles. The molecule has 0 fully saturated rings. The summed E-state index contributed by atoms with van der Waals surface area (Å²) in [5.41, 5.74) is 1.20. The molecule has 2 heterocycles. The maximum atomic E-state index is 5.65. The van der Waals surface area contributed by atoms with Crippen molar-refractivity contribution in [2.75, 3.05) is 0 Å². The van der Waals surface area contributed by atoms with Crippen LogP contribution in [-0.2, 0) is 13.1 Å². The monoisotopic (exact) mass is 222 g/mol. The molecule has 0 amide bonds. The Morgan fingerprint density at radius 3 is 2.60 bits per heavy atom. The first-order valence-electron chi connectivity index (χ1n) is 4.68. The van der Waals surface area contributed by atoms with Crippen LogP contribution in [0, 0.1) is 0 Å². The van der Waals surface area contributed by atoms with E-state index in [-0.39, 0.29) is 0 Å². The minimum atomic E-state index is 0.427. The van der Waals surface area contributed by atoms with Crippen molar-refractivity contribution in [2.45, 2.75) is 13.1 Å². The molecule has 4 heteroatoms. The minimum absolute atomic E-state index is 0.427. The predicted molar refractivity (Wildman–Crippen MR) is 58.5 cm³/mol. The highest BCUT2D eigenvalue weighted by molar-refractivity contribution is 6.28. The lowest BCUT2D eigenvalue weighted by atomic mass is 10.3. The third kappa shape index (κ3) is 3.08. The number of pyridine rings is 1. The van der Waals surface area contributed by atoms with Crippen LogP contribution in [0.4, 0.5) is 0 Å². The van der Waals surface area contributed by atoms with Gasteiger partial charge >= 0.3 is 0 Å². The Bertz CT molecular complexity index is 414. The number of hydrogen-bond acceptors (Lipinski definition) is 3. The molecule has 0 aliphatic carbocycles. The third-order valence-electron chi connectivity index (χ3n) is 2.01. The summed E-state index contributed by atoms with van der Waals surface area (Å²) in [6.45, 7) is 1.47. The van der Waals surface area contributed by atoms with E-state index in [0.29, 0.717) is 11.8 Å². The van der Waals surface area contributed by atoms with Crippen molar-refractivity contribution in [3.05, 3.63) is 53.2 Å². The van der Waals surface area contributed by atoms with Crippen LogP contribution in [-0.4, -0.2) is 4.98 Å². The Kier molecular flexibility index (Phi) is 3.37. The van der Waals surface area contributed by atoms with Crippen molar-refractivity contribution < 1.29 is 4.42 Å². The molecule has 0 atom stereocenters. The quantitative estimate of drug-likeness (QED) is 0.864. The molecule has 78 valence electrons. The van der Waals surface area contributed by atoms with Gasteiger partial charge in [-0.1, -0.05) is 0 Å². The molecule has 15 heavy (non-hydrogen) atoms. The second-order valence-electron chi connectivity index (χ2n) is 3.16. The van der Waals surface area contributed by atoms with E-state index in [9.17, 15) is 0 Å². The first kappa shape index (κ1) is 10.2. The molecule has 0 saturated heterocycles. The number of nitrogens with zero attached hydrogens (tertiary/aromatic N) is 1. The average molecular weight is 223 g/mol. The van der Waals surface area contributed by atoms with Crippen LogP contribution in [0.1, 0.15) is 11.3 Å². The Hall–Kier alpha value is -1.32. The summed E-state index contributed by atoms with van der Waals surface area (Å²) in [5.74, 6) is 0.842. The van der Waals surface area contributed by atoms with E-state index >= 15 is 0 Å². The summed E-state index contributed by atoms with van der Waals surface area (Å²) >= 11 is 5.65. The lowest BCUT2D eigenvalue weighted by molar-refractivity contribution is 0.484. The normalized spacial score (nSPS) is 10.5. The van der Waals surface area contributed by atoms with E-state index < -0.39 is 0 Å². The summed E-state index contributed by atoms with van der Waals surface area (Å²) < 4.78 is 5.21. The van der Waals surface area contributed by atoms with Gasteiger partial charge in [-0.05, 0) is 41.4 Å². The fourth-order valence-corrected chi connectivity index (χ4v) is 1.44. The Balaban J connectivity index is 1.80. The van der Waals surface area contributed by atoms with E-state index in [0.717, 1.165) is 12.3 Å². The van der Waals surface area contributed by atoms with E-state index in [1.165, 1.54) is 5.56 Å². The topological polar surface area (TPSA) is 38.1 Å². The lowest BCUT2D eigenvalue weighted by Gasteiger charge is -2.01. The van der Waals surface area contributed by atoms with Gasteiger partial charge in [-0.25, -0.2) is 0 Å². The standard InChI is InChI=1S/C11H11ClN2O/c12-11-2-1-10(15-11)8-14-7-9-3-5-13-6-4-9/h1-6,14H,7-8H2. The molecule has 0 unspecified atom stereocenters. The second-order valence-corrected chi connectivity index (χ2v) is 3.54. The van der Waals surface area contributed by atoms with Gasteiger partial charge in [0.2, 0.25) is 0 Å². The number of nitrogens with one attached hydrogen (secondary N) is 1. The smallest absolute Gasteiger partial charge is 0.193 e. The number of halogens is 1. The second kappa shape index (κ2) is 4.96. The number of furan rings is 1. The van der Waals surface area contributed by atoms with E-state index in [2.05, 4.69) is 10.3 Å². The van der Waals surface area contributed by atoms with Crippen molar-refractivity contribution in [3.63, 3.8) is 0 Å². The molecule has 2 rings (SSSR count). The van der Waals surface area contributed by atoms with Gasteiger partial charge in [0.15, 0.2) is 5.22 Å². The first-order chi connectivity index (χ1) is 7.34. The fraction of sp³-hybridized carbons (Fsp3) is 0.182. The third-order valence-corrected chi connectivity index (χ3v) is 2.21. The van der Waals surface area contributed by atoms with E-state index in [4.69, 9.17) is 16.0 Å². The summed E-state index contributed by atoms with van der Waals surface area (Å²) in [5, 5.41) is 3.68. The molecule has 0 spiro atoms. The van der Waals surface area contributed by atoms with Crippen molar-refractivity contribution in [3.8, 4) is 0 Å². The molecule has 0 aliphatic heterocycles. The number of rotatable bonds is 4. The predicted octanol–water partition coefficient (Wildman–Crippen LogP) is 2.62. The van der Waals surface area contributed by atoms with Gasteiger partial charge in [-0.3, -0.25) is 4.98 Å². The zero-order valence-electron chi connectivity index (χ0n) is 8.11. The van der Waals surface area contributed by atoms with Crippen molar-refractivity contribution in [1.82, 2.24) is 10.3 Å². The summed E-state index contributed by atoms with van der Waals surface area (Å²) in [7, 11) is 0. The van der Waals surface area contributed by atoms with Crippen LogP contribution >= 0.6 is 11.6 Å². The molecule has 0 radical (unpaired) electrons. The fourth-order valence-electron chi connectivity index (χ4n) is 1.28. The average Bonchev–Trinajstić information content (AvgIpc) is 2.66. The molecular weight excluding hydrogens is 212 g/mol. The zero-order chi connectivity index (χ0) is 10.5. The number of aromatic nitrogens is 1. The van der Waals surface area contributed by atoms with Crippen LogP contribution < -0.4 is 5.32 Å². The number of hydrogen-bond donors (Lipinski definition) is 1. The molecular formula is C11H11ClN2O. The largest absolute Gasteiger partial charge is 0.448 e. The van der Waals surface area contributed by atoms with E-state index in [1.807, 2.05) is 18.2 Å². The van der Waals surface area contributed by atoms with Crippen LogP contribution in [0.15, 0.2) is 41.1 Å². The molecule has 2 aromatic heterocycles. The zero-order valence-corrected chi connectivity index (χ0v) is 8.87. The van der Waals surface area contributed by atoms with Crippen LogP contribution in [0.2, 0.25) is 5.22 Å². The highest BCUT2D eigenvalue weighted by Crippen LogP contribution is 2.12. The van der Waals surface area contributed by atoms with Crippen LogP contribution in [0.5, 0.6) is 0 Å². The van der Waals surface area contributed by atoms with Gasteiger partial charge < -0.3 is 9.73 Å². The van der Waals surface area contributed by atoms with Gasteiger partial charge in [-0.2, -0.15) is 0 Å². The van der Waals surface area contributed by atoms with Crippen LogP contribution in [0.25, 0.3) is 0 Å². The Labute approximate surface area is 93.1 Å². The summed E-state index contributed by atoms with van der Waals surface area (Å²) in [6, 6.07) is 7.55. The highest BCUT2D eigenvalue weighted by atomic mass is 35.5. The van der Waals surface area contributed by atoms with Crippen molar-refractivity contribution in [1.29, 1.82) is 0 Å². The Morgan fingerprint density at radius 2 is 1.93 bits per heavy atom. The van der Waals surface area contributed by atoms with Gasteiger partial charge in [0.25, 0.3) is 0 Å². The van der Waals surface area contributed by atoms with Crippen molar-refractivity contribution in [2.24, 2.45) is 0 Å². The maximum Gasteiger partial charge on any atom is 0.193 e. The summed E-state index contributed by atoms with van der Waals surface area (Å²) in [6.07, 6.45) is 3.56. The molecule has 3 nitrogen and oxygen atoms in total. The Morgan fingerprint density at radius 1 is 1.13 bits per heavy atom. The molecule has 1 N–H and O–H groups in total. The van der Waals surface area contributed by atoms with E-state index in [1.54, 1.807) is 18.5 Å². The van der Waals surface area contributed by atoms with Gasteiger partial charge in [0.1, 0.15) is 5.76 Å². The summed E-state index contributed by atoms with van der Waals surface area (Å²) in [4.78, 5) is 3.95. The molecule has 2 aromatic rings. The molecule has 0 bridgehead atoms. The molecule has 0 saturated carbocycles.